The van der Waals surface area contributed by atoms with E-state index in [0.717, 1.165) is 11.5 Å². The van der Waals surface area contributed by atoms with Crippen LogP contribution < -0.4 is 10.6 Å². The van der Waals surface area contributed by atoms with Crippen LogP contribution in [0.3, 0.4) is 0 Å². The van der Waals surface area contributed by atoms with E-state index >= 15 is 0 Å². The van der Waals surface area contributed by atoms with E-state index in [2.05, 4.69) is 20.6 Å². The number of hydrogen-bond donors (Lipinski definition) is 2. The molecular formula is C15H24N4O2S. The topological polar surface area (TPSA) is 84.0 Å². The van der Waals surface area contributed by atoms with Gasteiger partial charge in [-0.2, -0.15) is 4.98 Å². The summed E-state index contributed by atoms with van der Waals surface area (Å²) in [5.41, 5.74) is 0.886. The number of hydrogen-bond acceptors (Lipinski definition) is 6. The normalized spacial score (nSPS) is 25.0. The molecule has 1 saturated heterocycles. The number of rotatable bonds is 4. The Kier molecular flexibility index (Phi) is 4.52. The van der Waals surface area contributed by atoms with Gasteiger partial charge in [-0.3, -0.25) is 0 Å². The summed E-state index contributed by atoms with van der Waals surface area (Å²) >= 11 is 0. The van der Waals surface area contributed by atoms with Crippen LogP contribution in [-0.4, -0.2) is 42.0 Å². The van der Waals surface area contributed by atoms with Crippen LogP contribution in [0.5, 0.6) is 0 Å². The lowest BCUT2D eigenvalue weighted by molar-refractivity contribution is 0.462. The second-order valence-electron chi connectivity index (χ2n) is 6.44. The molecule has 1 aliphatic carbocycles. The third-order valence-electron chi connectivity index (χ3n) is 4.38. The van der Waals surface area contributed by atoms with Crippen molar-refractivity contribution in [3.05, 3.63) is 11.8 Å². The van der Waals surface area contributed by atoms with Gasteiger partial charge in [0, 0.05) is 23.8 Å². The molecule has 7 heteroatoms. The minimum Gasteiger partial charge on any atom is -0.367 e. The monoisotopic (exact) mass is 324 g/mol. The number of nitrogens with zero attached hydrogens (tertiary/aromatic N) is 2. The molecular weight excluding hydrogens is 300 g/mol. The SMILES string of the molecule is Cc1cc(NC2CCCCC2)nc(NC2CCS(=O)(=O)C2)n1. The lowest BCUT2D eigenvalue weighted by atomic mass is 9.95. The fourth-order valence-corrected chi connectivity index (χ4v) is 4.93. The summed E-state index contributed by atoms with van der Waals surface area (Å²) in [6.45, 7) is 1.93. The summed E-state index contributed by atoms with van der Waals surface area (Å²) in [6.07, 6.45) is 6.87. The van der Waals surface area contributed by atoms with E-state index in [1.807, 2.05) is 13.0 Å². The summed E-state index contributed by atoms with van der Waals surface area (Å²) in [6, 6.07) is 2.36. The van der Waals surface area contributed by atoms with Crippen LogP contribution in [0.15, 0.2) is 6.07 Å². The Hall–Kier alpha value is -1.37. The van der Waals surface area contributed by atoms with Gasteiger partial charge in [0.15, 0.2) is 9.84 Å². The zero-order chi connectivity index (χ0) is 15.6. The average Bonchev–Trinajstić information content (AvgIpc) is 2.78. The molecule has 2 fully saturated rings. The quantitative estimate of drug-likeness (QED) is 0.882. The molecule has 6 nitrogen and oxygen atoms in total. The fourth-order valence-electron chi connectivity index (χ4n) is 3.25. The summed E-state index contributed by atoms with van der Waals surface area (Å²) < 4.78 is 23.1. The second kappa shape index (κ2) is 6.40. The van der Waals surface area contributed by atoms with Crippen LogP contribution in [0.4, 0.5) is 11.8 Å². The van der Waals surface area contributed by atoms with Gasteiger partial charge >= 0.3 is 0 Å². The Morgan fingerprint density at radius 3 is 2.50 bits per heavy atom. The van der Waals surface area contributed by atoms with Crippen LogP contribution in [0.1, 0.15) is 44.2 Å². The van der Waals surface area contributed by atoms with Gasteiger partial charge in [-0.15, -0.1) is 0 Å². The zero-order valence-electron chi connectivity index (χ0n) is 13.0. The van der Waals surface area contributed by atoms with E-state index in [0.29, 0.717) is 18.4 Å². The molecule has 2 N–H and O–H groups in total. The smallest absolute Gasteiger partial charge is 0.225 e. The van der Waals surface area contributed by atoms with Gasteiger partial charge in [0.2, 0.25) is 5.95 Å². The number of anilines is 2. The Morgan fingerprint density at radius 2 is 1.82 bits per heavy atom. The van der Waals surface area contributed by atoms with Crippen molar-refractivity contribution in [2.24, 2.45) is 0 Å². The third kappa shape index (κ3) is 4.09. The van der Waals surface area contributed by atoms with Crippen molar-refractivity contribution in [1.82, 2.24) is 9.97 Å². The highest BCUT2D eigenvalue weighted by Gasteiger charge is 2.28. The van der Waals surface area contributed by atoms with Gasteiger partial charge in [0.05, 0.1) is 11.5 Å². The molecule has 0 aromatic carbocycles. The van der Waals surface area contributed by atoms with E-state index in [4.69, 9.17) is 0 Å². The van der Waals surface area contributed by atoms with Crippen LogP contribution >= 0.6 is 0 Å². The van der Waals surface area contributed by atoms with Gasteiger partial charge in [-0.25, -0.2) is 13.4 Å². The Morgan fingerprint density at radius 1 is 1.05 bits per heavy atom. The van der Waals surface area contributed by atoms with Crippen LogP contribution in [0, 0.1) is 6.92 Å². The first-order valence-electron chi connectivity index (χ1n) is 8.09. The van der Waals surface area contributed by atoms with Gasteiger partial charge < -0.3 is 10.6 Å². The summed E-state index contributed by atoms with van der Waals surface area (Å²) in [5, 5.41) is 6.67. The maximum Gasteiger partial charge on any atom is 0.225 e. The van der Waals surface area contributed by atoms with E-state index in [1.165, 1.54) is 32.1 Å². The molecule has 1 aliphatic heterocycles. The molecule has 2 heterocycles. The highest BCUT2D eigenvalue weighted by Crippen LogP contribution is 2.22. The fraction of sp³-hybridized carbons (Fsp3) is 0.733. The number of aromatic nitrogens is 2. The molecule has 1 aromatic rings. The van der Waals surface area contributed by atoms with Gasteiger partial charge in [0.25, 0.3) is 0 Å². The minimum absolute atomic E-state index is 0.0747. The highest BCUT2D eigenvalue weighted by molar-refractivity contribution is 7.91. The molecule has 0 amide bonds. The van der Waals surface area contributed by atoms with E-state index < -0.39 is 9.84 Å². The van der Waals surface area contributed by atoms with Crippen molar-refractivity contribution < 1.29 is 8.42 Å². The van der Waals surface area contributed by atoms with E-state index in [9.17, 15) is 8.42 Å². The van der Waals surface area contributed by atoms with Crippen molar-refractivity contribution in [3.63, 3.8) is 0 Å². The lowest BCUT2D eigenvalue weighted by Gasteiger charge is -2.23. The second-order valence-corrected chi connectivity index (χ2v) is 8.67. The first-order chi connectivity index (χ1) is 10.5. The highest BCUT2D eigenvalue weighted by atomic mass is 32.2. The lowest BCUT2D eigenvalue weighted by Crippen LogP contribution is -2.25. The third-order valence-corrected chi connectivity index (χ3v) is 6.14. The molecule has 0 bridgehead atoms. The van der Waals surface area contributed by atoms with Crippen LogP contribution in [0.2, 0.25) is 0 Å². The molecule has 1 atom stereocenters. The summed E-state index contributed by atoms with van der Waals surface area (Å²) in [4.78, 5) is 8.89. The maximum absolute atomic E-state index is 11.5. The van der Waals surface area contributed by atoms with E-state index in [-0.39, 0.29) is 17.5 Å². The Bertz CT molecular complexity index is 626. The van der Waals surface area contributed by atoms with Crippen LogP contribution in [-0.2, 0) is 9.84 Å². The number of aryl methyl sites for hydroxylation is 1. The van der Waals surface area contributed by atoms with Gasteiger partial charge in [-0.05, 0) is 26.2 Å². The van der Waals surface area contributed by atoms with Crippen molar-refractivity contribution in [2.75, 3.05) is 22.1 Å². The molecule has 1 saturated carbocycles. The average molecular weight is 324 g/mol. The predicted molar refractivity (Wildman–Crippen MR) is 87.9 cm³/mol. The van der Waals surface area contributed by atoms with Gasteiger partial charge in [-0.1, -0.05) is 19.3 Å². The molecule has 1 aromatic heterocycles. The molecule has 22 heavy (non-hydrogen) atoms. The predicted octanol–water partition coefficient (Wildman–Crippen LogP) is 2.13. The number of nitrogens with one attached hydrogen (secondary N) is 2. The molecule has 0 radical (unpaired) electrons. The zero-order valence-corrected chi connectivity index (χ0v) is 13.8. The number of sulfone groups is 1. The first kappa shape index (κ1) is 15.5. The van der Waals surface area contributed by atoms with Crippen LogP contribution in [0.25, 0.3) is 0 Å². The van der Waals surface area contributed by atoms with E-state index in [1.54, 1.807) is 0 Å². The molecule has 0 spiro atoms. The Labute approximate surface area is 132 Å². The van der Waals surface area contributed by atoms with Gasteiger partial charge in [0.1, 0.15) is 5.82 Å². The maximum atomic E-state index is 11.5. The van der Waals surface area contributed by atoms with Crippen molar-refractivity contribution in [2.45, 2.75) is 57.5 Å². The summed E-state index contributed by atoms with van der Waals surface area (Å²) in [7, 11) is -2.89. The standard InChI is InChI=1S/C15H24N4O2S/c1-11-9-14(17-12-5-3-2-4-6-12)19-15(16-11)18-13-7-8-22(20,21)10-13/h9,12-13H,2-8,10H2,1H3,(H2,16,17,18,19). The molecule has 3 rings (SSSR count). The van der Waals surface area contributed by atoms with Crippen molar-refractivity contribution in [1.29, 1.82) is 0 Å². The first-order valence-corrected chi connectivity index (χ1v) is 9.91. The largest absolute Gasteiger partial charge is 0.367 e. The summed E-state index contributed by atoms with van der Waals surface area (Å²) in [5.74, 6) is 1.79. The molecule has 1 unspecified atom stereocenters. The van der Waals surface area contributed by atoms with Crippen molar-refractivity contribution >= 4 is 21.6 Å². The van der Waals surface area contributed by atoms with Crippen molar-refractivity contribution in [3.8, 4) is 0 Å². The molecule has 122 valence electrons. The Balaban J connectivity index is 1.67. The minimum atomic E-state index is -2.89. The molecule has 2 aliphatic rings.